The van der Waals surface area contributed by atoms with E-state index in [1.54, 1.807) is 19.1 Å². The van der Waals surface area contributed by atoms with Crippen LogP contribution in [0.2, 0.25) is 0 Å². The van der Waals surface area contributed by atoms with Gasteiger partial charge in [-0.05, 0) is 81.3 Å². The van der Waals surface area contributed by atoms with Crippen LogP contribution in [0.4, 0.5) is 0 Å². The van der Waals surface area contributed by atoms with E-state index >= 15 is 0 Å². The fourth-order valence-electron chi connectivity index (χ4n) is 8.15. The molecule has 0 aromatic heterocycles. The fraction of sp³-hybridized carbons (Fsp3) is 0.643. The summed E-state index contributed by atoms with van der Waals surface area (Å²) in [7, 11) is 0. The first-order valence-corrected chi connectivity index (χ1v) is 12.5. The highest BCUT2D eigenvalue weighted by Gasteiger charge is 2.71. The van der Waals surface area contributed by atoms with Gasteiger partial charge in [0.2, 0.25) is 0 Å². The highest BCUT2D eigenvalue weighted by Crippen LogP contribution is 2.68. The van der Waals surface area contributed by atoms with Crippen LogP contribution in [0.5, 0.6) is 0 Å². The van der Waals surface area contributed by atoms with E-state index in [0.717, 1.165) is 19.3 Å². The average molecular weight is 453 g/mol. The fourth-order valence-corrected chi connectivity index (χ4v) is 8.15. The lowest BCUT2D eigenvalue weighted by atomic mass is 9.45. The molecule has 4 aliphatic carbocycles. The first kappa shape index (κ1) is 22.8. The molecule has 5 nitrogen and oxygen atoms in total. The topological polar surface area (TPSA) is 83.8 Å². The van der Waals surface area contributed by atoms with Crippen molar-refractivity contribution in [2.45, 2.75) is 83.5 Å². The van der Waals surface area contributed by atoms with Crippen molar-refractivity contribution in [2.24, 2.45) is 28.6 Å². The molecule has 33 heavy (non-hydrogen) atoms. The minimum Gasteiger partial charge on any atom is -0.458 e. The number of ether oxygens (including phenoxy) is 1. The van der Waals surface area contributed by atoms with Gasteiger partial charge in [-0.3, -0.25) is 4.79 Å². The average Bonchev–Trinajstić information content (AvgIpc) is 3.08. The van der Waals surface area contributed by atoms with Crippen LogP contribution in [0.1, 0.15) is 76.1 Å². The molecule has 1 aromatic rings. The van der Waals surface area contributed by atoms with Crippen molar-refractivity contribution in [1.29, 1.82) is 0 Å². The van der Waals surface area contributed by atoms with Gasteiger partial charge in [0.1, 0.15) is 11.9 Å². The van der Waals surface area contributed by atoms with Crippen molar-refractivity contribution in [1.82, 2.24) is 0 Å². The van der Waals surface area contributed by atoms with Crippen LogP contribution < -0.4 is 0 Å². The Bertz CT molecular complexity index is 985. The van der Waals surface area contributed by atoms with Crippen LogP contribution >= 0.6 is 0 Å². The molecule has 5 heteroatoms. The molecule has 4 aliphatic rings. The third kappa shape index (κ3) is 3.19. The van der Waals surface area contributed by atoms with Crippen LogP contribution in [0.25, 0.3) is 0 Å². The number of ketones is 1. The maximum atomic E-state index is 13.2. The molecule has 0 saturated heterocycles. The lowest BCUT2D eigenvalue weighted by molar-refractivity contribution is -0.224. The zero-order chi connectivity index (χ0) is 23.6. The molecular formula is C28H36O5. The Balaban J connectivity index is 1.57. The molecule has 5 rings (SSSR count). The zero-order valence-electron chi connectivity index (χ0n) is 19.9. The second kappa shape index (κ2) is 7.78. The normalized spacial score (nSPS) is 44.2. The predicted octanol–water partition coefficient (Wildman–Crippen LogP) is 4.47. The molecule has 0 radical (unpaired) electrons. The molecule has 0 spiro atoms. The van der Waals surface area contributed by atoms with Gasteiger partial charge in [-0.25, -0.2) is 4.79 Å². The summed E-state index contributed by atoms with van der Waals surface area (Å²) in [4.78, 5) is 25.9. The number of allylic oxidation sites excluding steroid dienone is 1. The second-order valence-corrected chi connectivity index (χ2v) is 11.4. The van der Waals surface area contributed by atoms with Crippen molar-refractivity contribution in [3.05, 3.63) is 47.5 Å². The Labute approximate surface area is 196 Å². The number of hydrogen-bond acceptors (Lipinski definition) is 5. The molecule has 178 valence electrons. The van der Waals surface area contributed by atoms with E-state index in [1.165, 1.54) is 5.57 Å². The van der Waals surface area contributed by atoms with Gasteiger partial charge in [0, 0.05) is 11.3 Å². The molecule has 3 fully saturated rings. The molecule has 0 aliphatic heterocycles. The van der Waals surface area contributed by atoms with Gasteiger partial charge in [-0.2, -0.15) is 0 Å². The Morgan fingerprint density at radius 1 is 1.06 bits per heavy atom. The van der Waals surface area contributed by atoms with E-state index in [4.69, 9.17) is 4.74 Å². The van der Waals surface area contributed by atoms with Crippen LogP contribution in [-0.2, 0) is 9.53 Å². The maximum absolute atomic E-state index is 13.2. The van der Waals surface area contributed by atoms with Gasteiger partial charge >= 0.3 is 5.97 Å². The molecule has 3 saturated carbocycles. The maximum Gasteiger partial charge on any atom is 0.338 e. The second-order valence-electron chi connectivity index (χ2n) is 11.4. The number of fused-ring (bicyclic) bond motifs is 5. The van der Waals surface area contributed by atoms with Crippen molar-refractivity contribution < 1.29 is 24.5 Å². The number of aliphatic hydroxyl groups is 2. The van der Waals surface area contributed by atoms with Gasteiger partial charge in [-0.15, -0.1) is 0 Å². The predicted molar refractivity (Wildman–Crippen MR) is 124 cm³/mol. The van der Waals surface area contributed by atoms with Gasteiger partial charge in [0.15, 0.2) is 0 Å². The van der Waals surface area contributed by atoms with Gasteiger partial charge < -0.3 is 14.9 Å². The lowest BCUT2D eigenvalue weighted by Crippen LogP contribution is -2.66. The quantitative estimate of drug-likeness (QED) is 0.522. The summed E-state index contributed by atoms with van der Waals surface area (Å²) in [5.74, 6) is -0.507. The lowest BCUT2D eigenvalue weighted by Gasteiger charge is -2.62. The number of hydrogen-bond donors (Lipinski definition) is 2. The standard InChI is InChI=1S/C28H36O5/c1-17(29)21-12-14-28(32)22-10-9-19-15-20(30)11-13-26(19,2)23(22)16-24(27(21,28)3)33-25(31)18-7-5-4-6-8-18/h4-9,20-24,30,32H,10-16H2,1-3H3/t20-,21-,22+,23+,24+,26-,27+,28-/m0/s1. The monoisotopic (exact) mass is 452 g/mol. The number of Topliss-reactive ketones (excluding diaryl/α,β-unsaturated/α-hetero) is 1. The van der Waals surface area contributed by atoms with Crippen molar-refractivity contribution in [3.8, 4) is 0 Å². The van der Waals surface area contributed by atoms with Gasteiger partial charge in [0.05, 0.1) is 17.3 Å². The van der Waals surface area contributed by atoms with Gasteiger partial charge in [0.25, 0.3) is 0 Å². The molecule has 0 amide bonds. The van der Waals surface area contributed by atoms with Crippen molar-refractivity contribution >= 4 is 11.8 Å². The highest BCUT2D eigenvalue weighted by atomic mass is 16.5. The molecule has 0 unspecified atom stereocenters. The summed E-state index contributed by atoms with van der Waals surface area (Å²) in [6.45, 7) is 5.85. The number of aliphatic hydroxyl groups excluding tert-OH is 1. The highest BCUT2D eigenvalue weighted by molar-refractivity contribution is 5.89. The van der Waals surface area contributed by atoms with Crippen LogP contribution in [0, 0.1) is 28.6 Å². The minimum absolute atomic E-state index is 0.0162. The van der Waals surface area contributed by atoms with E-state index < -0.39 is 23.1 Å². The summed E-state index contributed by atoms with van der Waals surface area (Å²) in [6.07, 6.45) is 6.25. The zero-order valence-corrected chi connectivity index (χ0v) is 19.9. The van der Waals surface area contributed by atoms with Crippen molar-refractivity contribution in [2.75, 3.05) is 0 Å². The van der Waals surface area contributed by atoms with E-state index in [-0.39, 0.29) is 35.1 Å². The van der Waals surface area contributed by atoms with Crippen LogP contribution in [0.15, 0.2) is 42.0 Å². The summed E-state index contributed by atoms with van der Waals surface area (Å²) >= 11 is 0. The SMILES string of the molecule is CC(=O)[C@@H]1CC[C@]2(O)[C@@H]3CC=C4C[C@@H](O)CC[C@]4(C)[C@@H]3C[C@@H](OC(=O)c3ccccc3)[C@@]12C. The molecule has 8 atom stereocenters. The third-order valence-electron chi connectivity index (χ3n) is 10.1. The first-order chi connectivity index (χ1) is 15.6. The summed E-state index contributed by atoms with van der Waals surface area (Å²) in [5, 5.41) is 22.7. The molecular weight excluding hydrogens is 416 g/mol. The van der Waals surface area contributed by atoms with E-state index in [1.807, 2.05) is 25.1 Å². The summed E-state index contributed by atoms with van der Waals surface area (Å²) < 4.78 is 6.21. The smallest absolute Gasteiger partial charge is 0.338 e. The number of benzene rings is 1. The summed E-state index contributed by atoms with van der Waals surface area (Å²) in [5.41, 5.74) is -0.260. The number of carbonyl (C=O) groups is 2. The van der Waals surface area contributed by atoms with Gasteiger partial charge in [-0.1, -0.05) is 43.7 Å². The van der Waals surface area contributed by atoms with Crippen molar-refractivity contribution in [3.63, 3.8) is 0 Å². The largest absolute Gasteiger partial charge is 0.458 e. The molecule has 2 N–H and O–H groups in total. The van der Waals surface area contributed by atoms with Crippen LogP contribution in [-0.4, -0.2) is 39.8 Å². The molecule has 0 bridgehead atoms. The van der Waals surface area contributed by atoms with E-state index in [9.17, 15) is 19.8 Å². The summed E-state index contributed by atoms with van der Waals surface area (Å²) in [6, 6.07) is 8.97. The van der Waals surface area contributed by atoms with E-state index in [0.29, 0.717) is 31.2 Å². The Morgan fingerprint density at radius 3 is 2.48 bits per heavy atom. The third-order valence-corrected chi connectivity index (χ3v) is 10.1. The Kier molecular flexibility index (Phi) is 5.37. The molecule has 0 heterocycles. The number of esters is 1. The first-order valence-electron chi connectivity index (χ1n) is 12.5. The van der Waals surface area contributed by atoms with Crippen LogP contribution in [0.3, 0.4) is 0 Å². The number of carbonyl (C=O) groups excluding carboxylic acids is 2. The number of rotatable bonds is 3. The Hall–Kier alpha value is -1.98. The molecule has 1 aromatic carbocycles. The Morgan fingerprint density at radius 2 is 1.79 bits per heavy atom. The minimum atomic E-state index is -1.07. The van der Waals surface area contributed by atoms with E-state index in [2.05, 4.69) is 13.0 Å².